The normalized spacial score (nSPS) is 37.9. The lowest BCUT2D eigenvalue weighted by atomic mass is 9.41. The fraction of sp³-hybridized carbons (Fsp3) is 0.667. The number of halogens is 3. The van der Waals surface area contributed by atoms with Crippen LogP contribution in [0.1, 0.15) is 88.8 Å². The molecule has 1 amide bonds. The van der Waals surface area contributed by atoms with Crippen molar-refractivity contribution in [3.05, 3.63) is 40.5 Å². The van der Waals surface area contributed by atoms with Gasteiger partial charge in [-0.25, -0.2) is 8.78 Å². The maximum absolute atomic E-state index is 14.4. The van der Waals surface area contributed by atoms with Crippen molar-refractivity contribution in [3.63, 3.8) is 0 Å². The van der Waals surface area contributed by atoms with E-state index < -0.39 is 11.3 Å². The summed E-state index contributed by atoms with van der Waals surface area (Å²) in [5, 5.41) is 4.22. The van der Waals surface area contributed by atoms with E-state index in [1.54, 1.807) is 0 Å². The fourth-order valence-corrected chi connectivity index (χ4v) is 7.94. The van der Waals surface area contributed by atoms with E-state index in [9.17, 15) is 13.6 Å². The third-order valence-electron chi connectivity index (χ3n) is 9.89. The van der Waals surface area contributed by atoms with Gasteiger partial charge >= 0.3 is 0 Å². The standard InChI is InChI=1S/C27H30BrF2N3O2/c28-18-2-1-3-19(12-18)33(20(34)13-24-14-26(29,15-24)16-24)17-23-4-7-25(8-5-23,9-6-23)21-31-22(35-32-21)27(30)10-11-27/h1-3,12H,4-11,13-17H2. The zero-order valence-electron chi connectivity index (χ0n) is 19.8. The molecule has 35 heavy (non-hydrogen) atoms. The lowest BCUT2D eigenvalue weighted by Crippen LogP contribution is -2.65. The number of carbonyl (C=O) groups is 1. The monoisotopic (exact) mass is 545 g/mol. The lowest BCUT2D eigenvalue weighted by molar-refractivity contribution is -0.215. The third kappa shape index (κ3) is 3.52. The van der Waals surface area contributed by atoms with Crippen molar-refractivity contribution in [3.8, 4) is 0 Å². The summed E-state index contributed by atoms with van der Waals surface area (Å²) in [6, 6.07) is 7.94. The van der Waals surface area contributed by atoms with Gasteiger partial charge in [0.2, 0.25) is 5.91 Å². The molecule has 7 fully saturated rings. The molecule has 0 aliphatic heterocycles. The summed E-state index contributed by atoms with van der Waals surface area (Å²) in [5.74, 6) is 0.940. The molecule has 0 radical (unpaired) electrons. The van der Waals surface area contributed by atoms with E-state index in [1.807, 2.05) is 29.2 Å². The van der Waals surface area contributed by atoms with Gasteiger partial charge in [0.25, 0.3) is 5.89 Å². The van der Waals surface area contributed by atoms with Gasteiger partial charge < -0.3 is 9.42 Å². The number of rotatable bonds is 7. The molecule has 0 atom stereocenters. The number of anilines is 1. The molecule has 4 bridgehead atoms. The van der Waals surface area contributed by atoms with Gasteiger partial charge in [-0.3, -0.25) is 4.79 Å². The summed E-state index contributed by atoms with van der Waals surface area (Å²) >= 11 is 3.56. The summed E-state index contributed by atoms with van der Waals surface area (Å²) < 4.78 is 34.8. The first-order valence-electron chi connectivity index (χ1n) is 12.9. The smallest absolute Gasteiger partial charge is 0.264 e. The molecule has 186 valence electrons. The molecule has 5 nitrogen and oxygen atoms in total. The Morgan fingerprint density at radius 1 is 1.00 bits per heavy atom. The van der Waals surface area contributed by atoms with Crippen LogP contribution in [0.25, 0.3) is 0 Å². The summed E-state index contributed by atoms with van der Waals surface area (Å²) in [6.07, 6.45) is 8.73. The third-order valence-corrected chi connectivity index (χ3v) is 10.4. The van der Waals surface area contributed by atoms with Crippen LogP contribution in [0, 0.1) is 10.8 Å². The lowest BCUT2D eigenvalue weighted by Gasteiger charge is -2.66. The molecule has 7 saturated carbocycles. The van der Waals surface area contributed by atoms with E-state index in [-0.39, 0.29) is 28.0 Å². The number of fused-ring (bicyclic) bond motifs is 3. The Labute approximate surface area is 212 Å². The van der Waals surface area contributed by atoms with Gasteiger partial charge in [-0.05, 0) is 99.7 Å². The van der Waals surface area contributed by atoms with Crippen LogP contribution >= 0.6 is 15.9 Å². The topological polar surface area (TPSA) is 59.2 Å². The first kappa shape index (κ1) is 22.4. The van der Waals surface area contributed by atoms with Crippen LogP contribution in [0.3, 0.4) is 0 Å². The first-order valence-corrected chi connectivity index (χ1v) is 13.7. The quantitative estimate of drug-likeness (QED) is 0.388. The van der Waals surface area contributed by atoms with Crippen molar-refractivity contribution in [1.29, 1.82) is 0 Å². The number of benzene rings is 1. The van der Waals surface area contributed by atoms with Crippen molar-refractivity contribution in [2.75, 3.05) is 11.4 Å². The van der Waals surface area contributed by atoms with Crippen LogP contribution in [-0.4, -0.2) is 28.3 Å². The van der Waals surface area contributed by atoms with Gasteiger partial charge in [-0.15, -0.1) is 0 Å². The molecule has 0 saturated heterocycles. The Morgan fingerprint density at radius 2 is 1.69 bits per heavy atom. The molecule has 1 aromatic heterocycles. The van der Waals surface area contributed by atoms with Crippen molar-refractivity contribution in [1.82, 2.24) is 10.1 Å². The second-order valence-corrected chi connectivity index (χ2v) is 13.4. The molecule has 1 heterocycles. The van der Waals surface area contributed by atoms with Crippen molar-refractivity contribution >= 4 is 27.5 Å². The number of alkyl halides is 2. The molecule has 9 rings (SSSR count). The number of amides is 1. The predicted molar refractivity (Wildman–Crippen MR) is 129 cm³/mol. The van der Waals surface area contributed by atoms with E-state index in [2.05, 4.69) is 26.1 Å². The Hall–Kier alpha value is -1.83. The highest BCUT2D eigenvalue weighted by Crippen LogP contribution is 2.71. The average molecular weight is 546 g/mol. The van der Waals surface area contributed by atoms with Gasteiger partial charge in [0.15, 0.2) is 11.5 Å². The molecule has 0 spiro atoms. The largest absolute Gasteiger partial charge is 0.336 e. The van der Waals surface area contributed by atoms with E-state index in [1.165, 1.54) is 0 Å². The number of nitrogens with zero attached hydrogens (tertiary/aromatic N) is 3. The highest BCUT2D eigenvalue weighted by molar-refractivity contribution is 9.10. The van der Waals surface area contributed by atoms with Crippen molar-refractivity contribution in [2.24, 2.45) is 10.8 Å². The number of aromatic nitrogens is 2. The molecule has 7 aliphatic rings. The van der Waals surface area contributed by atoms with Crippen molar-refractivity contribution < 1.29 is 18.1 Å². The predicted octanol–water partition coefficient (Wildman–Crippen LogP) is 6.70. The minimum atomic E-state index is -1.40. The fourth-order valence-electron chi connectivity index (χ4n) is 7.55. The Kier molecular flexibility index (Phi) is 4.56. The van der Waals surface area contributed by atoms with Crippen LogP contribution in [0.2, 0.25) is 0 Å². The van der Waals surface area contributed by atoms with Gasteiger partial charge in [0.05, 0.1) is 0 Å². The van der Waals surface area contributed by atoms with Gasteiger partial charge in [-0.2, -0.15) is 4.98 Å². The molecule has 8 heteroatoms. The minimum Gasteiger partial charge on any atom is -0.336 e. The Bertz CT molecular complexity index is 1160. The zero-order valence-corrected chi connectivity index (χ0v) is 21.4. The van der Waals surface area contributed by atoms with Gasteiger partial charge in [0.1, 0.15) is 5.67 Å². The van der Waals surface area contributed by atoms with Crippen LogP contribution in [0.15, 0.2) is 33.3 Å². The summed E-state index contributed by atoms with van der Waals surface area (Å²) in [6.45, 7) is 0.681. The molecule has 0 N–H and O–H groups in total. The molecule has 1 aromatic carbocycles. The van der Waals surface area contributed by atoms with E-state index in [4.69, 9.17) is 4.52 Å². The van der Waals surface area contributed by atoms with Crippen LogP contribution in [-0.2, 0) is 15.9 Å². The van der Waals surface area contributed by atoms with Gasteiger partial charge in [0, 0.05) is 28.5 Å². The molecular formula is C27H30BrF2N3O2. The number of hydrogen-bond donors (Lipinski definition) is 0. The maximum atomic E-state index is 14.4. The minimum absolute atomic E-state index is 0.0465. The summed E-state index contributed by atoms with van der Waals surface area (Å²) in [5.41, 5.74) is -1.70. The molecular weight excluding hydrogens is 516 g/mol. The van der Waals surface area contributed by atoms with Gasteiger partial charge in [-0.1, -0.05) is 27.2 Å². The van der Waals surface area contributed by atoms with Crippen molar-refractivity contribution in [2.45, 2.75) is 93.8 Å². The van der Waals surface area contributed by atoms with Crippen LogP contribution in [0.5, 0.6) is 0 Å². The summed E-state index contributed by atoms with van der Waals surface area (Å²) in [7, 11) is 0. The Balaban J connectivity index is 1.10. The van der Waals surface area contributed by atoms with Crippen LogP contribution < -0.4 is 4.90 Å². The Morgan fingerprint density at radius 3 is 2.29 bits per heavy atom. The second kappa shape index (κ2) is 7.14. The summed E-state index contributed by atoms with van der Waals surface area (Å²) in [4.78, 5) is 20.1. The number of carbonyl (C=O) groups excluding carboxylic acids is 1. The SMILES string of the molecule is O=C(CC12CC(F)(C1)C2)N(CC12CCC(c3noc(C4(F)CC4)n3)(CC1)CC2)c1cccc(Br)c1. The van der Waals surface area contributed by atoms with E-state index in [0.717, 1.165) is 48.7 Å². The van der Waals surface area contributed by atoms with E-state index in [0.29, 0.717) is 50.9 Å². The zero-order chi connectivity index (χ0) is 24.1. The maximum Gasteiger partial charge on any atom is 0.264 e. The highest BCUT2D eigenvalue weighted by Gasteiger charge is 2.69. The highest BCUT2D eigenvalue weighted by atomic mass is 79.9. The molecule has 0 unspecified atom stereocenters. The molecule has 7 aliphatic carbocycles. The molecule has 2 aromatic rings. The average Bonchev–Trinajstić information content (AvgIpc) is 3.35. The van der Waals surface area contributed by atoms with Crippen LogP contribution in [0.4, 0.5) is 14.5 Å². The van der Waals surface area contributed by atoms with E-state index >= 15 is 0 Å². The first-order chi connectivity index (χ1) is 16.6. The number of hydrogen-bond acceptors (Lipinski definition) is 4. The second-order valence-electron chi connectivity index (χ2n) is 12.5.